The molecule has 0 unspecified atom stereocenters. The van der Waals surface area contributed by atoms with Crippen LogP contribution in [0.25, 0.3) is 0 Å². The topological polar surface area (TPSA) is 69.7 Å². The van der Waals surface area contributed by atoms with Crippen molar-refractivity contribution in [3.63, 3.8) is 0 Å². The molecule has 0 aliphatic carbocycles. The largest absolute Gasteiger partial charge is 0.332 e. The van der Waals surface area contributed by atoms with Crippen molar-refractivity contribution in [1.82, 2.24) is 10.2 Å². The van der Waals surface area contributed by atoms with Crippen molar-refractivity contribution in [3.8, 4) is 0 Å². The lowest BCUT2D eigenvalue weighted by Gasteiger charge is -2.36. The molecule has 0 bridgehead atoms. The lowest BCUT2D eigenvalue weighted by Crippen LogP contribution is -2.65. The van der Waals surface area contributed by atoms with E-state index in [9.17, 15) is 18.8 Å². The molecule has 2 saturated heterocycles. The van der Waals surface area contributed by atoms with Crippen LogP contribution in [-0.2, 0) is 4.79 Å². The van der Waals surface area contributed by atoms with Gasteiger partial charge in [-0.05, 0) is 42.8 Å². The molecule has 7 heteroatoms. The number of imide groups is 1. The molecular formula is C19H16FN3O3. The van der Waals surface area contributed by atoms with Crippen LogP contribution in [0, 0.1) is 5.82 Å². The van der Waals surface area contributed by atoms with Gasteiger partial charge < -0.3 is 10.2 Å². The van der Waals surface area contributed by atoms with Crippen LogP contribution in [0.4, 0.5) is 14.9 Å². The number of rotatable bonds is 2. The number of benzene rings is 2. The number of nitrogens with zero attached hydrogens (tertiary/aromatic N) is 2. The van der Waals surface area contributed by atoms with Crippen LogP contribution in [0.5, 0.6) is 0 Å². The molecule has 6 nitrogen and oxygen atoms in total. The van der Waals surface area contributed by atoms with E-state index in [4.69, 9.17) is 0 Å². The zero-order valence-electron chi connectivity index (χ0n) is 13.8. The molecule has 26 heavy (non-hydrogen) atoms. The normalized spacial score (nSPS) is 22.2. The van der Waals surface area contributed by atoms with Crippen LogP contribution >= 0.6 is 0 Å². The van der Waals surface area contributed by atoms with Crippen LogP contribution < -0.4 is 10.2 Å². The van der Waals surface area contributed by atoms with Crippen LogP contribution in [0.15, 0.2) is 54.6 Å². The summed E-state index contributed by atoms with van der Waals surface area (Å²) in [4.78, 5) is 40.7. The number of likely N-dealkylation sites (tertiary alicyclic amines) is 1. The number of urea groups is 1. The Balaban J connectivity index is 1.65. The van der Waals surface area contributed by atoms with Gasteiger partial charge in [-0.15, -0.1) is 0 Å². The number of hydrogen-bond acceptors (Lipinski definition) is 3. The van der Waals surface area contributed by atoms with Gasteiger partial charge in [0.1, 0.15) is 11.9 Å². The van der Waals surface area contributed by atoms with E-state index in [1.54, 1.807) is 24.3 Å². The summed E-state index contributed by atoms with van der Waals surface area (Å²) in [6.07, 6.45) is 0.512. The molecule has 4 rings (SSSR count). The van der Waals surface area contributed by atoms with Crippen LogP contribution in [-0.4, -0.2) is 41.4 Å². The fraction of sp³-hybridized carbons (Fsp3) is 0.211. The van der Waals surface area contributed by atoms with Crippen molar-refractivity contribution in [2.24, 2.45) is 0 Å². The van der Waals surface area contributed by atoms with Crippen molar-refractivity contribution >= 4 is 23.5 Å². The second-order valence-corrected chi connectivity index (χ2v) is 6.30. The maximum absolute atomic E-state index is 13.2. The number of halogens is 1. The van der Waals surface area contributed by atoms with Crippen LogP contribution in [0.2, 0.25) is 0 Å². The summed E-state index contributed by atoms with van der Waals surface area (Å²) in [5.41, 5.74) is 0.762. The second kappa shape index (κ2) is 6.25. The molecular weight excluding hydrogens is 337 g/mol. The molecule has 2 atom stereocenters. The highest BCUT2D eigenvalue weighted by molar-refractivity contribution is 6.19. The summed E-state index contributed by atoms with van der Waals surface area (Å²) in [5, 5.41) is 2.79. The highest BCUT2D eigenvalue weighted by Crippen LogP contribution is 2.29. The van der Waals surface area contributed by atoms with Gasteiger partial charge in [-0.25, -0.2) is 14.1 Å². The summed E-state index contributed by atoms with van der Waals surface area (Å²) in [7, 11) is 0. The Kier molecular flexibility index (Phi) is 3.91. The lowest BCUT2D eigenvalue weighted by molar-refractivity contribution is -0.122. The summed E-state index contributed by atoms with van der Waals surface area (Å²) in [6, 6.07) is 12.1. The minimum Gasteiger partial charge on any atom is -0.332 e. The molecule has 2 fully saturated rings. The van der Waals surface area contributed by atoms with Gasteiger partial charge >= 0.3 is 6.03 Å². The quantitative estimate of drug-likeness (QED) is 0.900. The molecule has 2 aliphatic rings. The van der Waals surface area contributed by atoms with Crippen molar-refractivity contribution in [1.29, 1.82) is 0 Å². The molecule has 132 valence electrons. The maximum Gasteiger partial charge on any atom is 0.329 e. The summed E-state index contributed by atoms with van der Waals surface area (Å²) in [6.45, 7) is 0.381. The van der Waals surface area contributed by atoms with Gasteiger partial charge in [-0.2, -0.15) is 0 Å². The summed E-state index contributed by atoms with van der Waals surface area (Å²) >= 11 is 0. The summed E-state index contributed by atoms with van der Waals surface area (Å²) < 4.78 is 13.2. The number of anilines is 1. The first kappa shape index (κ1) is 16.3. The first-order chi connectivity index (χ1) is 12.6. The van der Waals surface area contributed by atoms with E-state index < -0.39 is 29.8 Å². The van der Waals surface area contributed by atoms with Gasteiger partial charge in [0.25, 0.3) is 11.8 Å². The zero-order valence-corrected chi connectivity index (χ0v) is 13.8. The number of nitrogens with one attached hydrogen (secondary N) is 1. The van der Waals surface area contributed by atoms with Gasteiger partial charge in [0.05, 0.1) is 11.7 Å². The molecule has 0 saturated carbocycles. The van der Waals surface area contributed by atoms with E-state index in [-0.39, 0.29) is 11.6 Å². The van der Waals surface area contributed by atoms with Gasteiger partial charge in [0.2, 0.25) is 0 Å². The molecule has 0 radical (unpaired) electrons. The van der Waals surface area contributed by atoms with E-state index >= 15 is 0 Å². The number of carbonyl (C=O) groups is 3. The molecule has 4 amide bonds. The Morgan fingerprint density at radius 3 is 2.42 bits per heavy atom. The van der Waals surface area contributed by atoms with Gasteiger partial charge in [0, 0.05) is 12.1 Å². The van der Waals surface area contributed by atoms with E-state index in [0.29, 0.717) is 18.5 Å². The highest BCUT2D eigenvalue weighted by Gasteiger charge is 2.49. The molecule has 0 spiro atoms. The third-order valence-corrected chi connectivity index (χ3v) is 4.75. The van der Waals surface area contributed by atoms with Crippen molar-refractivity contribution < 1.29 is 18.8 Å². The molecule has 2 aromatic rings. The molecule has 2 aliphatic heterocycles. The van der Waals surface area contributed by atoms with E-state index in [2.05, 4.69) is 5.32 Å². The Labute approximate surface area is 149 Å². The smallest absolute Gasteiger partial charge is 0.329 e. The molecule has 1 N–H and O–H groups in total. The fourth-order valence-electron chi connectivity index (χ4n) is 3.51. The first-order valence-corrected chi connectivity index (χ1v) is 8.32. The third-order valence-electron chi connectivity index (χ3n) is 4.75. The predicted molar refractivity (Wildman–Crippen MR) is 92.1 cm³/mol. The van der Waals surface area contributed by atoms with Gasteiger partial charge in [0.15, 0.2) is 0 Å². The molecule has 2 aromatic carbocycles. The lowest BCUT2D eigenvalue weighted by atomic mass is 10.0. The van der Waals surface area contributed by atoms with Crippen LogP contribution in [0.1, 0.15) is 16.8 Å². The second-order valence-electron chi connectivity index (χ2n) is 6.30. The zero-order chi connectivity index (χ0) is 18.3. The Morgan fingerprint density at radius 2 is 1.73 bits per heavy atom. The Bertz CT molecular complexity index is 869. The van der Waals surface area contributed by atoms with Gasteiger partial charge in [-0.3, -0.25) is 9.59 Å². The average molecular weight is 353 g/mol. The average Bonchev–Trinajstić information content (AvgIpc) is 3.07. The predicted octanol–water partition coefficient (Wildman–Crippen LogP) is 2.17. The van der Waals surface area contributed by atoms with Crippen molar-refractivity contribution in [2.45, 2.75) is 18.5 Å². The number of fused-ring (bicyclic) bond motifs is 1. The van der Waals surface area contributed by atoms with Crippen molar-refractivity contribution in [3.05, 3.63) is 66.0 Å². The van der Waals surface area contributed by atoms with E-state index in [1.165, 1.54) is 29.2 Å². The van der Waals surface area contributed by atoms with Crippen LogP contribution in [0.3, 0.4) is 0 Å². The number of amides is 4. The first-order valence-electron chi connectivity index (χ1n) is 8.32. The van der Waals surface area contributed by atoms with E-state index in [0.717, 1.165) is 4.90 Å². The van der Waals surface area contributed by atoms with Crippen molar-refractivity contribution in [2.75, 3.05) is 11.4 Å². The third kappa shape index (κ3) is 2.61. The standard InChI is InChI=1S/C19H16FN3O3/c20-13-6-8-14(9-7-13)23-18(25)16-15(21-19(23)26)10-11-22(16)17(24)12-4-2-1-3-5-12/h1-9,15-16H,10-11H2,(H,21,26)/t15-,16+/m1/s1. The monoisotopic (exact) mass is 353 g/mol. The summed E-state index contributed by atoms with van der Waals surface area (Å²) in [5.74, 6) is -1.19. The number of carbonyl (C=O) groups excluding carboxylic acids is 3. The number of hydrogen-bond donors (Lipinski definition) is 1. The van der Waals surface area contributed by atoms with Gasteiger partial charge in [-0.1, -0.05) is 18.2 Å². The SMILES string of the molecule is O=C1N[C@@H]2CCN(C(=O)c3ccccc3)[C@@H]2C(=O)N1c1ccc(F)cc1. The minimum atomic E-state index is -0.773. The maximum atomic E-state index is 13.2. The fourth-order valence-corrected chi connectivity index (χ4v) is 3.51. The van der Waals surface area contributed by atoms with E-state index in [1.807, 2.05) is 6.07 Å². The molecule has 0 aromatic heterocycles. The minimum absolute atomic E-state index is 0.248. The molecule has 2 heterocycles. The Morgan fingerprint density at radius 1 is 1.04 bits per heavy atom. The Hall–Kier alpha value is -3.22. The highest BCUT2D eigenvalue weighted by atomic mass is 19.1.